The Morgan fingerprint density at radius 3 is 2.56 bits per heavy atom. The first-order valence-corrected chi connectivity index (χ1v) is 5.93. The molecule has 0 atom stereocenters. The standard InChI is InChI=1S/C9H14N2O3S.ClH/c1-14-8-4-2-3-5-9(8)15(12,13)11-7-6-10;/h2-5,11H,6-7,10H2,1H3;1H. The summed E-state index contributed by atoms with van der Waals surface area (Å²) in [5, 5.41) is 0. The molecule has 16 heavy (non-hydrogen) atoms. The summed E-state index contributed by atoms with van der Waals surface area (Å²) in [5.41, 5.74) is 5.23. The Balaban J connectivity index is 0.00000225. The van der Waals surface area contributed by atoms with Crippen LogP contribution in [-0.2, 0) is 10.0 Å². The molecule has 0 aliphatic rings. The number of sulfonamides is 1. The van der Waals surface area contributed by atoms with Gasteiger partial charge in [-0.2, -0.15) is 0 Å². The lowest BCUT2D eigenvalue weighted by Crippen LogP contribution is -2.29. The molecular formula is C9H15ClN2O3S. The third-order valence-corrected chi connectivity index (χ3v) is 3.30. The number of ether oxygens (including phenoxy) is 1. The third kappa shape index (κ3) is 3.64. The zero-order valence-electron chi connectivity index (χ0n) is 8.84. The van der Waals surface area contributed by atoms with E-state index >= 15 is 0 Å². The van der Waals surface area contributed by atoms with Gasteiger partial charge in [0.05, 0.1) is 7.11 Å². The molecule has 5 nitrogen and oxygen atoms in total. The van der Waals surface area contributed by atoms with E-state index in [2.05, 4.69) is 4.72 Å². The van der Waals surface area contributed by atoms with Crippen molar-refractivity contribution in [1.82, 2.24) is 4.72 Å². The molecule has 92 valence electrons. The lowest BCUT2D eigenvalue weighted by molar-refractivity contribution is 0.402. The summed E-state index contributed by atoms with van der Waals surface area (Å²) >= 11 is 0. The Labute approximate surface area is 101 Å². The number of rotatable bonds is 5. The highest BCUT2D eigenvalue weighted by molar-refractivity contribution is 7.89. The summed E-state index contributed by atoms with van der Waals surface area (Å²) in [6, 6.07) is 6.43. The van der Waals surface area contributed by atoms with Crippen LogP contribution in [0.15, 0.2) is 29.2 Å². The van der Waals surface area contributed by atoms with E-state index in [1.165, 1.54) is 13.2 Å². The molecule has 0 aromatic heterocycles. The van der Waals surface area contributed by atoms with Gasteiger partial charge in [-0.3, -0.25) is 0 Å². The fourth-order valence-corrected chi connectivity index (χ4v) is 2.33. The van der Waals surface area contributed by atoms with Gasteiger partial charge in [0.2, 0.25) is 10.0 Å². The number of para-hydroxylation sites is 1. The lowest BCUT2D eigenvalue weighted by Gasteiger charge is -2.09. The van der Waals surface area contributed by atoms with Crippen LogP contribution < -0.4 is 15.2 Å². The summed E-state index contributed by atoms with van der Waals surface area (Å²) in [7, 11) is -2.09. The van der Waals surface area contributed by atoms with Crippen LogP contribution in [0.3, 0.4) is 0 Å². The van der Waals surface area contributed by atoms with Crippen molar-refractivity contribution < 1.29 is 13.2 Å². The van der Waals surface area contributed by atoms with Crippen molar-refractivity contribution in [2.45, 2.75) is 4.90 Å². The van der Waals surface area contributed by atoms with Crippen molar-refractivity contribution >= 4 is 22.4 Å². The van der Waals surface area contributed by atoms with E-state index in [0.29, 0.717) is 5.75 Å². The maximum atomic E-state index is 11.7. The molecule has 0 aliphatic carbocycles. The molecule has 0 unspecified atom stereocenters. The minimum absolute atomic E-state index is 0. The summed E-state index contributed by atoms with van der Waals surface area (Å²) in [5.74, 6) is 0.321. The van der Waals surface area contributed by atoms with E-state index in [0.717, 1.165) is 0 Å². The van der Waals surface area contributed by atoms with Gasteiger partial charge in [0.25, 0.3) is 0 Å². The molecule has 0 fully saturated rings. The van der Waals surface area contributed by atoms with Crippen molar-refractivity contribution in [3.8, 4) is 5.75 Å². The fourth-order valence-electron chi connectivity index (χ4n) is 1.11. The molecule has 0 bridgehead atoms. The van der Waals surface area contributed by atoms with Crippen LogP contribution in [0.1, 0.15) is 0 Å². The molecule has 0 saturated heterocycles. The average Bonchev–Trinajstić information content (AvgIpc) is 2.26. The van der Waals surface area contributed by atoms with Crippen molar-refractivity contribution in [2.75, 3.05) is 20.2 Å². The van der Waals surface area contributed by atoms with Crippen molar-refractivity contribution in [1.29, 1.82) is 0 Å². The Kier molecular flexibility index (Phi) is 6.35. The van der Waals surface area contributed by atoms with E-state index in [1.54, 1.807) is 18.2 Å². The van der Waals surface area contributed by atoms with E-state index in [9.17, 15) is 8.42 Å². The Morgan fingerprint density at radius 1 is 1.38 bits per heavy atom. The molecule has 0 heterocycles. The highest BCUT2D eigenvalue weighted by atomic mass is 35.5. The molecule has 0 spiro atoms. The van der Waals surface area contributed by atoms with Crippen LogP contribution in [0.4, 0.5) is 0 Å². The molecule has 1 rings (SSSR count). The minimum Gasteiger partial charge on any atom is -0.495 e. The normalized spacial score (nSPS) is 10.6. The molecule has 7 heteroatoms. The topological polar surface area (TPSA) is 81.4 Å². The number of nitrogens with one attached hydrogen (secondary N) is 1. The smallest absolute Gasteiger partial charge is 0.244 e. The van der Waals surface area contributed by atoms with Crippen LogP contribution >= 0.6 is 12.4 Å². The van der Waals surface area contributed by atoms with Crippen LogP contribution in [0.2, 0.25) is 0 Å². The first-order chi connectivity index (χ1) is 7.11. The first-order valence-electron chi connectivity index (χ1n) is 4.44. The van der Waals surface area contributed by atoms with Crippen LogP contribution in [0.5, 0.6) is 5.75 Å². The molecule has 1 aromatic rings. The molecule has 0 radical (unpaired) electrons. The highest BCUT2D eigenvalue weighted by Crippen LogP contribution is 2.21. The first kappa shape index (κ1) is 15.2. The SMILES string of the molecule is COc1ccccc1S(=O)(=O)NCCN.Cl. The maximum absolute atomic E-state index is 11.7. The van der Waals surface area contributed by atoms with Gasteiger partial charge in [0.15, 0.2) is 0 Å². The highest BCUT2D eigenvalue weighted by Gasteiger charge is 2.17. The van der Waals surface area contributed by atoms with Crippen molar-refractivity contribution in [2.24, 2.45) is 5.73 Å². The van der Waals surface area contributed by atoms with Gasteiger partial charge >= 0.3 is 0 Å². The van der Waals surface area contributed by atoms with Crippen molar-refractivity contribution in [3.05, 3.63) is 24.3 Å². The van der Waals surface area contributed by atoms with Gasteiger partial charge in [-0.1, -0.05) is 12.1 Å². The van der Waals surface area contributed by atoms with Gasteiger partial charge in [-0.05, 0) is 12.1 Å². The molecule has 0 amide bonds. The zero-order valence-corrected chi connectivity index (χ0v) is 10.5. The third-order valence-electron chi connectivity index (χ3n) is 1.80. The predicted molar refractivity (Wildman–Crippen MR) is 64.5 cm³/mol. The van der Waals surface area contributed by atoms with Crippen molar-refractivity contribution in [3.63, 3.8) is 0 Å². The van der Waals surface area contributed by atoms with E-state index in [-0.39, 0.29) is 30.4 Å². The second-order valence-electron chi connectivity index (χ2n) is 2.84. The molecule has 0 saturated carbocycles. The number of nitrogens with two attached hydrogens (primary N) is 1. The van der Waals surface area contributed by atoms with Gasteiger partial charge in [0.1, 0.15) is 10.6 Å². The summed E-state index contributed by atoms with van der Waals surface area (Å²) in [4.78, 5) is 0.126. The summed E-state index contributed by atoms with van der Waals surface area (Å²) < 4.78 is 30.8. The quantitative estimate of drug-likeness (QED) is 0.806. The maximum Gasteiger partial charge on any atom is 0.244 e. The Morgan fingerprint density at radius 2 is 2.00 bits per heavy atom. The Bertz CT molecular complexity index is 423. The minimum atomic E-state index is -3.52. The van der Waals surface area contributed by atoms with E-state index in [4.69, 9.17) is 10.5 Å². The monoisotopic (exact) mass is 266 g/mol. The second-order valence-corrected chi connectivity index (χ2v) is 4.57. The number of hydrogen-bond acceptors (Lipinski definition) is 4. The number of halogens is 1. The molecular weight excluding hydrogens is 252 g/mol. The van der Waals surface area contributed by atoms with Gasteiger partial charge in [-0.25, -0.2) is 13.1 Å². The molecule has 3 N–H and O–H groups in total. The predicted octanol–water partition coefficient (Wildman–Crippen LogP) is 0.354. The summed E-state index contributed by atoms with van der Waals surface area (Å²) in [6.07, 6.45) is 0. The van der Waals surface area contributed by atoms with E-state index in [1.807, 2.05) is 0 Å². The van der Waals surface area contributed by atoms with Gasteiger partial charge in [0, 0.05) is 13.1 Å². The zero-order chi connectivity index (χ0) is 11.3. The number of hydrogen-bond donors (Lipinski definition) is 2. The molecule has 1 aromatic carbocycles. The van der Waals surface area contributed by atoms with Crippen LogP contribution in [0.25, 0.3) is 0 Å². The largest absolute Gasteiger partial charge is 0.495 e. The molecule has 0 aliphatic heterocycles. The van der Waals surface area contributed by atoms with E-state index < -0.39 is 10.0 Å². The van der Waals surface area contributed by atoms with Crippen LogP contribution in [0, 0.1) is 0 Å². The second kappa shape index (κ2) is 6.70. The number of benzene rings is 1. The van der Waals surface area contributed by atoms with Crippen LogP contribution in [-0.4, -0.2) is 28.6 Å². The number of methoxy groups -OCH3 is 1. The Hall–Kier alpha value is -0.820. The van der Waals surface area contributed by atoms with Gasteiger partial charge in [-0.15, -0.1) is 12.4 Å². The average molecular weight is 267 g/mol. The fraction of sp³-hybridized carbons (Fsp3) is 0.333. The summed E-state index contributed by atoms with van der Waals surface area (Å²) in [6.45, 7) is 0.467. The lowest BCUT2D eigenvalue weighted by atomic mass is 10.3. The van der Waals surface area contributed by atoms with Gasteiger partial charge < -0.3 is 10.5 Å².